The third kappa shape index (κ3) is 3.30. The molecule has 0 radical (unpaired) electrons. The van der Waals surface area contributed by atoms with E-state index in [-0.39, 0.29) is 5.65 Å². The zero-order chi connectivity index (χ0) is 19.0. The highest BCUT2D eigenvalue weighted by Crippen LogP contribution is 2.36. The first-order chi connectivity index (χ1) is 13.0. The lowest BCUT2D eigenvalue weighted by atomic mass is 10.1. The van der Waals surface area contributed by atoms with Crippen LogP contribution in [0.3, 0.4) is 0 Å². The van der Waals surface area contributed by atoms with Gasteiger partial charge in [0.15, 0.2) is 0 Å². The topological polar surface area (TPSA) is 30.2 Å². The standard InChI is InChI=1S/C20H14F3N3S/c1-27-16-6-4-13(5-7-16)18-11-25-19-17(20(21,22)23)9-15(12-26(18)19)14-3-2-8-24-10-14/h2-12H,1H3. The van der Waals surface area contributed by atoms with Gasteiger partial charge in [-0.3, -0.25) is 9.38 Å². The summed E-state index contributed by atoms with van der Waals surface area (Å²) in [6.07, 6.45) is 3.75. The monoisotopic (exact) mass is 385 g/mol. The Labute approximate surface area is 157 Å². The van der Waals surface area contributed by atoms with Crippen LogP contribution in [0, 0.1) is 0 Å². The van der Waals surface area contributed by atoms with Crippen LogP contribution in [0.5, 0.6) is 0 Å². The minimum absolute atomic E-state index is 0.112. The molecular formula is C20H14F3N3S. The predicted molar refractivity (Wildman–Crippen MR) is 101 cm³/mol. The Kier molecular flexibility index (Phi) is 4.39. The molecule has 0 unspecified atom stereocenters. The lowest BCUT2D eigenvalue weighted by Gasteiger charge is -2.12. The molecule has 0 aliphatic rings. The van der Waals surface area contributed by atoms with Gasteiger partial charge in [-0.25, -0.2) is 4.98 Å². The molecule has 0 amide bonds. The van der Waals surface area contributed by atoms with Crippen molar-refractivity contribution in [2.75, 3.05) is 6.26 Å². The van der Waals surface area contributed by atoms with Crippen LogP contribution in [0.1, 0.15) is 5.56 Å². The number of rotatable bonds is 3. The Morgan fingerprint density at radius 3 is 2.37 bits per heavy atom. The van der Waals surface area contributed by atoms with Crippen molar-refractivity contribution in [2.24, 2.45) is 0 Å². The van der Waals surface area contributed by atoms with Gasteiger partial charge in [-0.15, -0.1) is 11.8 Å². The quantitative estimate of drug-likeness (QED) is 0.417. The van der Waals surface area contributed by atoms with Crippen LogP contribution in [0.2, 0.25) is 0 Å². The number of halogens is 3. The van der Waals surface area contributed by atoms with Crippen LogP contribution >= 0.6 is 11.8 Å². The van der Waals surface area contributed by atoms with Crippen molar-refractivity contribution in [3.63, 3.8) is 0 Å². The average molecular weight is 385 g/mol. The molecule has 0 aliphatic heterocycles. The Morgan fingerprint density at radius 1 is 0.963 bits per heavy atom. The van der Waals surface area contributed by atoms with Gasteiger partial charge in [-0.1, -0.05) is 18.2 Å². The minimum atomic E-state index is -4.51. The summed E-state index contributed by atoms with van der Waals surface area (Å²) in [5.41, 5.74) is 1.57. The molecule has 0 fully saturated rings. The van der Waals surface area contributed by atoms with Crippen molar-refractivity contribution in [1.82, 2.24) is 14.4 Å². The van der Waals surface area contributed by atoms with E-state index in [0.717, 1.165) is 16.5 Å². The van der Waals surface area contributed by atoms with Gasteiger partial charge in [0.2, 0.25) is 0 Å². The Hall–Kier alpha value is -2.80. The minimum Gasteiger partial charge on any atom is -0.299 e. The molecule has 27 heavy (non-hydrogen) atoms. The van der Waals surface area contributed by atoms with E-state index in [0.29, 0.717) is 16.8 Å². The summed E-state index contributed by atoms with van der Waals surface area (Å²) in [5.74, 6) is 0. The smallest absolute Gasteiger partial charge is 0.299 e. The van der Waals surface area contributed by atoms with Crippen molar-refractivity contribution in [3.05, 3.63) is 72.8 Å². The predicted octanol–water partition coefficient (Wildman–Crippen LogP) is 5.80. The van der Waals surface area contributed by atoms with Gasteiger partial charge in [-0.2, -0.15) is 13.2 Å². The Bertz CT molecular complexity index is 1090. The van der Waals surface area contributed by atoms with Gasteiger partial charge in [-0.05, 0) is 30.5 Å². The molecule has 1 aromatic carbocycles. The molecule has 0 saturated heterocycles. The molecule has 0 spiro atoms. The van der Waals surface area contributed by atoms with E-state index in [1.807, 2.05) is 30.5 Å². The van der Waals surface area contributed by atoms with E-state index in [1.165, 1.54) is 10.6 Å². The van der Waals surface area contributed by atoms with E-state index in [4.69, 9.17) is 0 Å². The molecule has 136 valence electrons. The molecular weight excluding hydrogens is 371 g/mol. The first kappa shape index (κ1) is 17.6. The van der Waals surface area contributed by atoms with Crippen LogP contribution < -0.4 is 0 Å². The summed E-state index contributed by atoms with van der Waals surface area (Å²) in [5, 5.41) is 0. The van der Waals surface area contributed by atoms with E-state index >= 15 is 0 Å². The highest BCUT2D eigenvalue weighted by Gasteiger charge is 2.35. The van der Waals surface area contributed by atoms with Gasteiger partial charge in [0.1, 0.15) is 5.65 Å². The second kappa shape index (κ2) is 6.74. The van der Waals surface area contributed by atoms with Gasteiger partial charge in [0.25, 0.3) is 0 Å². The van der Waals surface area contributed by atoms with Gasteiger partial charge in [0, 0.05) is 40.2 Å². The number of nitrogens with zero attached hydrogens (tertiary/aromatic N) is 3. The number of hydrogen-bond acceptors (Lipinski definition) is 3. The molecule has 0 bridgehead atoms. The normalized spacial score (nSPS) is 11.9. The van der Waals surface area contributed by atoms with Crippen LogP contribution in [0.15, 0.2) is 72.1 Å². The lowest BCUT2D eigenvalue weighted by molar-refractivity contribution is -0.136. The number of alkyl halides is 3. The third-order valence-corrected chi connectivity index (χ3v) is 5.04. The van der Waals surface area contributed by atoms with Crippen molar-refractivity contribution >= 4 is 17.4 Å². The summed E-state index contributed by atoms with van der Waals surface area (Å²) in [4.78, 5) is 9.16. The van der Waals surface area contributed by atoms with E-state index in [1.54, 1.807) is 42.5 Å². The summed E-state index contributed by atoms with van der Waals surface area (Å²) in [7, 11) is 0. The lowest BCUT2D eigenvalue weighted by Crippen LogP contribution is -2.08. The van der Waals surface area contributed by atoms with E-state index in [9.17, 15) is 13.2 Å². The molecule has 4 aromatic rings. The SMILES string of the molecule is CSc1ccc(-c2cnc3c(C(F)(F)F)cc(-c4cccnc4)cn23)cc1. The second-order valence-corrected chi connectivity index (χ2v) is 6.83. The summed E-state index contributed by atoms with van der Waals surface area (Å²) in [6.45, 7) is 0. The Balaban J connectivity index is 1.97. The van der Waals surface area contributed by atoms with E-state index in [2.05, 4.69) is 9.97 Å². The first-order valence-corrected chi connectivity index (χ1v) is 9.33. The fourth-order valence-electron chi connectivity index (χ4n) is 2.96. The molecule has 0 atom stereocenters. The van der Waals surface area contributed by atoms with Crippen molar-refractivity contribution in [3.8, 4) is 22.4 Å². The van der Waals surface area contributed by atoms with Gasteiger partial charge >= 0.3 is 6.18 Å². The number of fused-ring (bicyclic) bond motifs is 1. The fraction of sp³-hybridized carbons (Fsp3) is 0.100. The number of imidazole rings is 1. The highest BCUT2D eigenvalue weighted by molar-refractivity contribution is 7.98. The fourth-order valence-corrected chi connectivity index (χ4v) is 3.37. The average Bonchev–Trinajstić information content (AvgIpc) is 3.11. The maximum absolute atomic E-state index is 13.7. The number of pyridine rings is 2. The summed E-state index contributed by atoms with van der Waals surface area (Å²) < 4.78 is 42.5. The highest BCUT2D eigenvalue weighted by atomic mass is 32.2. The maximum Gasteiger partial charge on any atom is 0.420 e. The summed E-state index contributed by atoms with van der Waals surface area (Å²) in [6, 6.07) is 12.2. The molecule has 3 aromatic heterocycles. The molecule has 0 saturated carbocycles. The first-order valence-electron chi connectivity index (χ1n) is 8.10. The molecule has 7 heteroatoms. The number of thioether (sulfide) groups is 1. The molecule has 4 rings (SSSR count). The maximum atomic E-state index is 13.7. The molecule has 0 aliphatic carbocycles. The Morgan fingerprint density at radius 2 is 1.74 bits per heavy atom. The zero-order valence-electron chi connectivity index (χ0n) is 14.2. The molecule has 3 heterocycles. The van der Waals surface area contributed by atoms with Gasteiger partial charge in [0.05, 0.1) is 17.5 Å². The summed E-state index contributed by atoms with van der Waals surface area (Å²) >= 11 is 1.61. The largest absolute Gasteiger partial charge is 0.420 e. The molecule has 0 N–H and O–H groups in total. The van der Waals surface area contributed by atoms with E-state index < -0.39 is 11.7 Å². The third-order valence-electron chi connectivity index (χ3n) is 4.29. The van der Waals surface area contributed by atoms with Gasteiger partial charge < -0.3 is 0 Å². The number of benzene rings is 1. The van der Waals surface area contributed by atoms with Crippen LogP contribution in [-0.4, -0.2) is 20.6 Å². The van der Waals surface area contributed by atoms with Crippen LogP contribution in [0.25, 0.3) is 28.0 Å². The zero-order valence-corrected chi connectivity index (χ0v) is 15.1. The number of hydrogen-bond donors (Lipinski definition) is 0. The van der Waals surface area contributed by atoms with Crippen molar-refractivity contribution in [1.29, 1.82) is 0 Å². The van der Waals surface area contributed by atoms with Crippen molar-refractivity contribution < 1.29 is 13.2 Å². The molecule has 3 nitrogen and oxygen atoms in total. The second-order valence-electron chi connectivity index (χ2n) is 5.95. The van der Waals surface area contributed by atoms with Crippen LogP contribution in [0.4, 0.5) is 13.2 Å². The van der Waals surface area contributed by atoms with Crippen LogP contribution in [-0.2, 0) is 6.18 Å². The number of aromatic nitrogens is 3. The van der Waals surface area contributed by atoms with Crippen molar-refractivity contribution in [2.45, 2.75) is 11.1 Å².